The smallest absolute Gasteiger partial charge is 0.255 e. The lowest BCUT2D eigenvalue weighted by atomic mass is 10.2. The van der Waals surface area contributed by atoms with E-state index >= 15 is 0 Å². The number of nitrogens with one attached hydrogen (secondary N) is 1. The van der Waals surface area contributed by atoms with Gasteiger partial charge in [0.25, 0.3) is 5.91 Å². The number of fused-ring (bicyclic) bond motifs is 1. The number of thiazole rings is 1. The van der Waals surface area contributed by atoms with Crippen molar-refractivity contribution in [1.82, 2.24) is 4.98 Å². The normalized spacial score (nSPS) is 19.3. The molecule has 2 aromatic rings. The molecule has 0 unspecified atom stereocenters. The van der Waals surface area contributed by atoms with Crippen LogP contribution in [0.15, 0.2) is 18.2 Å². The monoisotopic (exact) mass is 282 g/mol. The molecule has 1 fully saturated rings. The highest BCUT2D eigenvalue weighted by Gasteiger charge is 2.24. The number of anilines is 1. The maximum Gasteiger partial charge on any atom is 0.255 e. The molecule has 2 heterocycles. The predicted octanol–water partition coefficient (Wildman–Crippen LogP) is 3.07. The van der Waals surface area contributed by atoms with Gasteiger partial charge in [-0.2, -0.15) is 0 Å². The predicted molar refractivity (Wildman–Crippen MR) is 72.2 cm³/mol. The number of benzene rings is 1. The average molecular weight is 283 g/mol. The van der Waals surface area contributed by atoms with Gasteiger partial charge in [-0.25, -0.2) is 4.98 Å². The largest absolute Gasteiger partial charge is 0.368 e. The van der Waals surface area contributed by atoms with Crippen molar-refractivity contribution in [3.8, 4) is 0 Å². The summed E-state index contributed by atoms with van der Waals surface area (Å²) in [5.74, 6) is -0.113. The first-order valence-electron chi connectivity index (χ1n) is 5.71. The van der Waals surface area contributed by atoms with Crippen LogP contribution < -0.4 is 5.32 Å². The molecule has 1 atom stereocenters. The fraction of sp³-hybridized carbons (Fsp3) is 0.333. The summed E-state index contributed by atoms with van der Waals surface area (Å²) in [5.41, 5.74) is 0.840. The third kappa shape index (κ3) is 2.34. The number of hydrogen-bond acceptors (Lipinski definition) is 4. The zero-order valence-electron chi connectivity index (χ0n) is 9.48. The van der Waals surface area contributed by atoms with Crippen molar-refractivity contribution in [3.63, 3.8) is 0 Å². The van der Waals surface area contributed by atoms with Crippen molar-refractivity contribution in [2.45, 2.75) is 18.9 Å². The van der Waals surface area contributed by atoms with Crippen LogP contribution in [0.25, 0.3) is 10.2 Å². The van der Waals surface area contributed by atoms with Gasteiger partial charge in [0.1, 0.15) is 6.10 Å². The Kier molecular flexibility index (Phi) is 3.20. The molecule has 1 aromatic carbocycles. The van der Waals surface area contributed by atoms with Crippen LogP contribution in [0.5, 0.6) is 0 Å². The zero-order valence-corrected chi connectivity index (χ0v) is 11.1. The van der Waals surface area contributed by atoms with E-state index in [2.05, 4.69) is 10.3 Å². The maximum absolute atomic E-state index is 11.9. The van der Waals surface area contributed by atoms with Crippen LogP contribution in [0, 0.1) is 0 Å². The van der Waals surface area contributed by atoms with E-state index in [1.807, 2.05) is 12.1 Å². The molecular weight excluding hydrogens is 272 g/mol. The summed E-state index contributed by atoms with van der Waals surface area (Å²) in [5, 5.41) is 4.05. The average Bonchev–Trinajstić information content (AvgIpc) is 2.95. The number of aromatic nitrogens is 1. The molecule has 1 N–H and O–H groups in total. The Hall–Kier alpha value is -1.17. The number of rotatable bonds is 2. The van der Waals surface area contributed by atoms with Gasteiger partial charge in [0, 0.05) is 11.6 Å². The lowest BCUT2D eigenvalue weighted by molar-refractivity contribution is -0.124. The minimum Gasteiger partial charge on any atom is -0.368 e. The number of ether oxygens (including phenoxy) is 1. The second kappa shape index (κ2) is 4.84. The van der Waals surface area contributed by atoms with E-state index in [9.17, 15) is 4.79 Å². The van der Waals surface area contributed by atoms with Crippen molar-refractivity contribution in [2.75, 3.05) is 11.9 Å². The molecule has 0 spiro atoms. The van der Waals surface area contributed by atoms with E-state index in [-0.39, 0.29) is 12.0 Å². The van der Waals surface area contributed by atoms with Gasteiger partial charge < -0.3 is 4.74 Å². The van der Waals surface area contributed by atoms with Crippen molar-refractivity contribution < 1.29 is 9.53 Å². The summed E-state index contributed by atoms with van der Waals surface area (Å²) < 4.78 is 6.29. The highest BCUT2D eigenvalue weighted by molar-refractivity contribution is 7.22. The third-order valence-corrected chi connectivity index (χ3v) is 3.97. The van der Waals surface area contributed by atoms with Crippen molar-refractivity contribution in [3.05, 3.63) is 23.2 Å². The Morgan fingerprint density at radius 1 is 1.56 bits per heavy atom. The van der Waals surface area contributed by atoms with Crippen LogP contribution in [0.4, 0.5) is 5.13 Å². The molecule has 1 aliphatic heterocycles. The fourth-order valence-corrected chi connectivity index (χ4v) is 3.07. The van der Waals surface area contributed by atoms with E-state index < -0.39 is 0 Å². The van der Waals surface area contributed by atoms with E-state index in [4.69, 9.17) is 16.3 Å². The van der Waals surface area contributed by atoms with Crippen LogP contribution in [-0.2, 0) is 9.53 Å². The highest BCUT2D eigenvalue weighted by atomic mass is 35.5. The number of carbonyl (C=O) groups excluding carboxylic acids is 1. The molecule has 1 saturated heterocycles. The molecule has 1 amide bonds. The summed E-state index contributed by atoms with van der Waals surface area (Å²) in [6.45, 7) is 0.660. The summed E-state index contributed by atoms with van der Waals surface area (Å²) in [6, 6.07) is 5.47. The van der Waals surface area contributed by atoms with E-state index in [0.29, 0.717) is 16.8 Å². The first kappa shape index (κ1) is 11.9. The molecular formula is C12H11ClN2O2S. The number of hydrogen-bond donors (Lipinski definition) is 1. The Morgan fingerprint density at radius 2 is 2.44 bits per heavy atom. The molecule has 1 aliphatic rings. The molecule has 4 nitrogen and oxygen atoms in total. The highest BCUT2D eigenvalue weighted by Crippen LogP contribution is 2.28. The van der Waals surface area contributed by atoms with Crippen LogP contribution in [0.2, 0.25) is 5.02 Å². The number of halogens is 1. The van der Waals surface area contributed by atoms with E-state index in [0.717, 1.165) is 23.1 Å². The third-order valence-electron chi connectivity index (χ3n) is 2.80. The van der Waals surface area contributed by atoms with Crippen molar-refractivity contribution in [1.29, 1.82) is 0 Å². The summed E-state index contributed by atoms with van der Waals surface area (Å²) in [7, 11) is 0. The van der Waals surface area contributed by atoms with Crippen molar-refractivity contribution >= 4 is 44.2 Å². The van der Waals surface area contributed by atoms with Gasteiger partial charge in [-0.3, -0.25) is 10.1 Å². The minimum absolute atomic E-state index is 0.113. The molecule has 18 heavy (non-hydrogen) atoms. The van der Waals surface area contributed by atoms with Crippen LogP contribution in [0.1, 0.15) is 12.8 Å². The van der Waals surface area contributed by atoms with Crippen LogP contribution in [0.3, 0.4) is 0 Å². The SMILES string of the molecule is O=C(Nc1nc2ccc(Cl)cc2s1)[C@H]1CCCO1. The van der Waals surface area contributed by atoms with E-state index in [1.54, 1.807) is 6.07 Å². The van der Waals surface area contributed by atoms with E-state index in [1.165, 1.54) is 11.3 Å². The Morgan fingerprint density at radius 3 is 3.22 bits per heavy atom. The van der Waals surface area contributed by atoms with Gasteiger partial charge in [0.15, 0.2) is 5.13 Å². The molecule has 3 rings (SSSR count). The van der Waals surface area contributed by atoms with Gasteiger partial charge >= 0.3 is 0 Å². The topological polar surface area (TPSA) is 51.2 Å². The number of nitrogens with zero attached hydrogens (tertiary/aromatic N) is 1. The van der Waals surface area contributed by atoms with Crippen LogP contribution in [-0.4, -0.2) is 23.6 Å². The van der Waals surface area contributed by atoms with Gasteiger partial charge in [0.05, 0.1) is 10.2 Å². The summed E-state index contributed by atoms with van der Waals surface area (Å²) in [6.07, 6.45) is 1.39. The Balaban J connectivity index is 1.79. The van der Waals surface area contributed by atoms with Gasteiger partial charge in [-0.05, 0) is 31.0 Å². The molecule has 6 heteroatoms. The molecule has 0 aliphatic carbocycles. The quantitative estimate of drug-likeness (QED) is 0.921. The molecule has 0 bridgehead atoms. The second-order valence-electron chi connectivity index (χ2n) is 4.12. The van der Waals surface area contributed by atoms with Crippen LogP contribution >= 0.6 is 22.9 Å². The standard InChI is InChI=1S/C12H11ClN2O2S/c13-7-3-4-8-10(6-7)18-12(14-8)15-11(16)9-2-1-5-17-9/h3-4,6,9H,1-2,5H2,(H,14,15,16)/t9-/m1/s1. The molecule has 94 valence electrons. The number of amides is 1. The second-order valence-corrected chi connectivity index (χ2v) is 5.59. The Bertz CT molecular complexity index is 593. The first-order valence-corrected chi connectivity index (χ1v) is 6.90. The van der Waals surface area contributed by atoms with Gasteiger partial charge in [0.2, 0.25) is 0 Å². The molecule has 0 radical (unpaired) electrons. The lowest BCUT2D eigenvalue weighted by Gasteiger charge is -2.07. The molecule has 0 saturated carbocycles. The summed E-state index contributed by atoms with van der Waals surface area (Å²) >= 11 is 7.32. The lowest BCUT2D eigenvalue weighted by Crippen LogP contribution is -2.26. The number of carbonyl (C=O) groups is 1. The first-order chi connectivity index (χ1) is 8.72. The summed E-state index contributed by atoms with van der Waals surface area (Å²) in [4.78, 5) is 16.2. The molecule has 1 aromatic heterocycles. The fourth-order valence-electron chi connectivity index (χ4n) is 1.92. The maximum atomic E-state index is 11.9. The van der Waals surface area contributed by atoms with Gasteiger partial charge in [-0.15, -0.1) is 0 Å². The Labute approximate surface area is 113 Å². The minimum atomic E-state index is -0.333. The van der Waals surface area contributed by atoms with Gasteiger partial charge in [-0.1, -0.05) is 22.9 Å². The van der Waals surface area contributed by atoms with Crippen molar-refractivity contribution in [2.24, 2.45) is 0 Å². The zero-order chi connectivity index (χ0) is 12.5.